The van der Waals surface area contributed by atoms with Crippen LogP contribution in [0.2, 0.25) is 0 Å². The van der Waals surface area contributed by atoms with Gasteiger partial charge in [-0.1, -0.05) is 66.7 Å². The molecule has 2 heteroatoms. The SMILES string of the molecule is Fc1ccc(CCNCC=C2c3ccccc3-c3ccccc32)cc1. The van der Waals surface area contributed by atoms with E-state index in [1.54, 1.807) is 0 Å². The zero-order valence-corrected chi connectivity index (χ0v) is 14.0. The molecule has 25 heavy (non-hydrogen) atoms. The Kier molecular flexibility index (Phi) is 4.45. The fraction of sp³-hybridized carbons (Fsp3) is 0.130. The number of hydrogen-bond acceptors (Lipinski definition) is 1. The van der Waals surface area contributed by atoms with Crippen LogP contribution in [0.3, 0.4) is 0 Å². The first-order valence-corrected chi connectivity index (χ1v) is 8.67. The molecule has 0 heterocycles. The predicted octanol–water partition coefficient (Wildman–Crippen LogP) is 5.07. The Hall–Kier alpha value is -2.71. The van der Waals surface area contributed by atoms with Crippen LogP contribution in [0.4, 0.5) is 4.39 Å². The smallest absolute Gasteiger partial charge is 0.123 e. The minimum atomic E-state index is -0.181. The number of nitrogens with one attached hydrogen (secondary N) is 1. The molecule has 1 N–H and O–H groups in total. The van der Waals surface area contributed by atoms with Crippen molar-refractivity contribution in [2.75, 3.05) is 13.1 Å². The molecule has 3 aromatic rings. The second-order valence-corrected chi connectivity index (χ2v) is 6.29. The molecule has 1 nitrogen and oxygen atoms in total. The summed E-state index contributed by atoms with van der Waals surface area (Å²) < 4.78 is 12.9. The molecule has 0 radical (unpaired) electrons. The van der Waals surface area contributed by atoms with Crippen LogP contribution in [0.25, 0.3) is 16.7 Å². The van der Waals surface area contributed by atoms with Crippen molar-refractivity contribution in [3.05, 3.63) is 101 Å². The van der Waals surface area contributed by atoms with Crippen molar-refractivity contribution >= 4 is 5.57 Å². The first-order chi connectivity index (χ1) is 12.3. The molecule has 4 rings (SSSR count). The molecule has 0 atom stereocenters. The molecule has 1 aliphatic rings. The summed E-state index contributed by atoms with van der Waals surface area (Å²) in [4.78, 5) is 0. The Labute approximate surface area is 147 Å². The van der Waals surface area contributed by atoms with Gasteiger partial charge in [0.1, 0.15) is 5.82 Å². The van der Waals surface area contributed by atoms with Crippen molar-refractivity contribution < 1.29 is 4.39 Å². The Bertz CT molecular complexity index is 862. The molecule has 0 spiro atoms. The van der Waals surface area contributed by atoms with Crippen LogP contribution in [0.1, 0.15) is 16.7 Å². The second kappa shape index (κ2) is 7.04. The van der Waals surface area contributed by atoms with E-state index >= 15 is 0 Å². The number of hydrogen-bond donors (Lipinski definition) is 1. The van der Waals surface area contributed by atoms with E-state index in [0.29, 0.717) is 0 Å². The summed E-state index contributed by atoms with van der Waals surface area (Å²) in [5.74, 6) is -0.181. The highest BCUT2D eigenvalue weighted by Gasteiger charge is 2.21. The van der Waals surface area contributed by atoms with Gasteiger partial charge in [0.05, 0.1) is 0 Å². The van der Waals surface area contributed by atoms with Crippen LogP contribution < -0.4 is 5.32 Å². The third-order valence-corrected chi connectivity index (χ3v) is 4.68. The van der Waals surface area contributed by atoms with E-state index in [4.69, 9.17) is 0 Å². The summed E-state index contributed by atoms with van der Waals surface area (Å²) in [5, 5.41) is 3.47. The first-order valence-electron chi connectivity index (χ1n) is 8.67. The maximum atomic E-state index is 12.9. The predicted molar refractivity (Wildman–Crippen MR) is 102 cm³/mol. The maximum absolute atomic E-state index is 12.9. The Morgan fingerprint density at radius 3 is 1.88 bits per heavy atom. The van der Waals surface area contributed by atoms with E-state index in [0.717, 1.165) is 25.1 Å². The maximum Gasteiger partial charge on any atom is 0.123 e. The summed E-state index contributed by atoms with van der Waals surface area (Å²) in [6.07, 6.45) is 3.17. The van der Waals surface area contributed by atoms with Gasteiger partial charge in [0.25, 0.3) is 0 Å². The standard InChI is InChI=1S/C23H20FN/c24-18-11-9-17(10-12-18)13-15-25-16-14-23-21-7-3-1-5-19(21)20-6-2-4-8-22(20)23/h1-12,14,25H,13,15-16H2. The van der Waals surface area contributed by atoms with Gasteiger partial charge in [0.15, 0.2) is 0 Å². The number of benzene rings is 3. The molecule has 0 amide bonds. The lowest BCUT2D eigenvalue weighted by Gasteiger charge is -2.05. The number of fused-ring (bicyclic) bond motifs is 3. The monoisotopic (exact) mass is 329 g/mol. The topological polar surface area (TPSA) is 12.0 Å². The average molecular weight is 329 g/mol. The summed E-state index contributed by atoms with van der Waals surface area (Å²) in [7, 11) is 0. The van der Waals surface area contributed by atoms with Gasteiger partial charge >= 0.3 is 0 Å². The molecule has 3 aromatic carbocycles. The molecule has 0 aromatic heterocycles. The third kappa shape index (κ3) is 3.26. The molecular formula is C23H20FN. The highest BCUT2D eigenvalue weighted by Crippen LogP contribution is 2.43. The van der Waals surface area contributed by atoms with E-state index in [1.807, 2.05) is 12.1 Å². The van der Waals surface area contributed by atoms with Gasteiger partial charge in [-0.2, -0.15) is 0 Å². The van der Waals surface area contributed by atoms with Crippen LogP contribution in [0, 0.1) is 5.82 Å². The molecular weight excluding hydrogens is 309 g/mol. The van der Waals surface area contributed by atoms with Gasteiger partial charge in [-0.15, -0.1) is 0 Å². The van der Waals surface area contributed by atoms with Gasteiger partial charge in [-0.3, -0.25) is 0 Å². The van der Waals surface area contributed by atoms with Crippen LogP contribution >= 0.6 is 0 Å². The van der Waals surface area contributed by atoms with Crippen molar-refractivity contribution in [2.24, 2.45) is 0 Å². The molecule has 0 fully saturated rings. The third-order valence-electron chi connectivity index (χ3n) is 4.68. The lowest BCUT2D eigenvalue weighted by Crippen LogP contribution is -2.17. The second-order valence-electron chi connectivity index (χ2n) is 6.29. The van der Waals surface area contributed by atoms with Crippen molar-refractivity contribution in [3.8, 4) is 11.1 Å². The van der Waals surface area contributed by atoms with Crippen molar-refractivity contribution in [2.45, 2.75) is 6.42 Å². The van der Waals surface area contributed by atoms with E-state index in [9.17, 15) is 4.39 Å². The molecule has 1 aliphatic carbocycles. The van der Waals surface area contributed by atoms with E-state index < -0.39 is 0 Å². The fourth-order valence-corrected chi connectivity index (χ4v) is 3.43. The molecule has 0 saturated carbocycles. The fourth-order valence-electron chi connectivity index (χ4n) is 3.43. The van der Waals surface area contributed by atoms with Gasteiger partial charge in [0, 0.05) is 6.54 Å². The zero-order chi connectivity index (χ0) is 17.1. The molecule has 0 saturated heterocycles. The summed E-state index contributed by atoms with van der Waals surface area (Å²) >= 11 is 0. The van der Waals surface area contributed by atoms with Crippen LogP contribution in [0.15, 0.2) is 78.9 Å². The summed E-state index contributed by atoms with van der Waals surface area (Å²) in [6.45, 7) is 1.69. The number of rotatable bonds is 5. The Morgan fingerprint density at radius 2 is 1.28 bits per heavy atom. The van der Waals surface area contributed by atoms with Gasteiger partial charge < -0.3 is 5.32 Å². The minimum absolute atomic E-state index is 0.181. The van der Waals surface area contributed by atoms with E-state index in [-0.39, 0.29) is 5.82 Å². The van der Waals surface area contributed by atoms with Crippen LogP contribution in [-0.4, -0.2) is 13.1 Å². The lowest BCUT2D eigenvalue weighted by atomic mass is 10.0. The van der Waals surface area contributed by atoms with Crippen molar-refractivity contribution in [3.63, 3.8) is 0 Å². The Balaban J connectivity index is 1.44. The lowest BCUT2D eigenvalue weighted by molar-refractivity contribution is 0.626. The van der Waals surface area contributed by atoms with E-state index in [1.165, 1.54) is 40.0 Å². The summed E-state index contributed by atoms with van der Waals surface area (Å²) in [5.41, 5.74) is 7.71. The van der Waals surface area contributed by atoms with E-state index in [2.05, 4.69) is 59.9 Å². The van der Waals surface area contributed by atoms with Crippen molar-refractivity contribution in [1.29, 1.82) is 0 Å². The average Bonchev–Trinajstić information content (AvgIpc) is 2.97. The molecule has 0 aliphatic heterocycles. The molecule has 0 bridgehead atoms. The number of halogens is 1. The normalized spacial score (nSPS) is 12.0. The first kappa shape index (κ1) is 15.8. The molecule has 124 valence electrons. The van der Waals surface area contributed by atoms with Gasteiger partial charge in [-0.25, -0.2) is 4.39 Å². The quantitative estimate of drug-likeness (QED) is 0.504. The largest absolute Gasteiger partial charge is 0.313 e. The van der Waals surface area contributed by atoms with Gasteiger partial charge in [0.2, 0.25) is 0 Å². The Morgan fingerprint density at radius 1 is 0.720 bits per heavy atom. The van der Waals surface area contributed by atoms with Crippen molar-refractivity contribution in [1.82, 2.24) is 5.32 Å². The highest BCUT2D eigenvalue weighted by molar-refractivity contribution is 6.01. The van der Waals surface area contributed by atoms with Crippen LogP contribution in [0.5, 0.6) is 0 Å². The summed E-state index contributed by atoms with van der Waals surface area (Å²) in [6, 6.07) is 23.9. The zero-order valence-electron chi connectivity index (χ0n) is 14.0. The van der Waals surface area contributed by atoms with Crippen LogP contribution in [-0.2, 0) is 6.42 Å². The van der Waals surface area contributed by atoms with Gasteiger partial charge in [-0.05, 0) is 58.5 Å². The molecule has 0 unspecified atom stereocenters. The highest BCUT2D eigenvalue weighted by atomic mass is 19.1. The minimum Gasteiger partial charge on any atom is -0.313 e.